The minimum Gasteiger partial charge on any atom is -0.478 e. The molecule has 0 aliphatic rings. The van der Waals surface area contributed by atoms with Gasteiger partial charge in [-0.25, -0.2) is 9.78 Å². The molecule has 0 amide bonds. The number of para-hydroxylation sites is 1. The quantitative estimate of drug-likeness (QED) is 0.316. The lowest BCUT2D eigenvalue weighted by Crippen LogP contribution is -1.95. The van der Waals surface area contributed by atoms with Crippen LogP contribution in [0.15, 0.2) is 66.7 Å². The summed E-state index contributed by atoms with van der Waals surface area (Å²) in [5.74, 6) is -0.167. The van der Waals surface area contributed by atoms with E-state index in [1.807, 2.05) is 37.3 Å². The topological polar surface area (TPSA) is 81.8 Å². The molecule has 4 aromatic carbocycles. The van der Waals surface area contributed by atoms with Gasteiger partial charge in [-0.3, -0.25) is 0 Å². The molecule has 5 nitrogen and oxygen atoms in total. The Hall–Kier alpha value is -4.12. The Morgan fingerprint density at radius 2 is 1.53 bits per heavy atom. The van der Waals surface area contributed by atoms with Crippen molar-refractivity contribution in [3.05, 3.63) is 78.0 Å². The highest BCUT2D eigenvalue weighted by atomic mass is 16.4. The fourth-order valence-corrected chi connectivity index (χ4v) is 4.51. The zero-order valence-electron chi connectivity index (χ0n) is 16.2. The van der Waals surface area contributed by atoms with E-state index in [2.05, 4.69) is 34.2 Å². The Morgan fingerprint density at radius 1 is 0.833 bits per heavy atom. The average molecular weight is 391 g/mol. The minimum absolute atomic E-state index is 0.256. The van der Waals surface area contributed by atoms with Crippen molar-refractivity contribution in [2.24, 2.45) is 0 Å². The molecule has 5 heteroatoms. The first-order valence-electron chi connectivity index (χ1n) is 9.77. The summed E-state index contributed by atoms with van der Waals surface area (Å²) < 4.78 is 0. The van der Waals surface area contributed by atoms with Crippen molar-refractivity contribution in [2.45, 2.75) is 6.92 Å². The predicted molar refractivity (Wildman–Crippen MR) is 120 cm³/mol. The van der Waals surface area contributed by atoms with Gasteiger partial charge in [-0.2, -0.15) is 0 Å². The van der Waals surface area contributed by atoms with Gasteiger partial charge in [0, 0.05) is 32.9 Å². The summed E-state index contributed by atoms with van der Waals surface area (Å²) in [5, 5.41) is 14.6. The lowest BCUT2D eigenvalue weighted by Gasteiger charge is -2.06. The van der Waals surface area contributed by atoms with Crippen molar-refractivity contribution >= 4 is 49.5 Å². The van der Waals surface area contributed by atoms with Crippen LogP contribution in [0.2, 0.25) is 0 Å². The molecule has 0 radical (unpaired) electrons. The molecule has 3 N–H and O–H groups in total. The summed E-state index contributed by atoms with van der Waals surface area (Å²) in [6, 6.07) is 21.6. The van der Waals surface area contributed by atoms with Crippen molar-refractivity contribution < 1.29 is 9.90 Å². The van der Waals surface area contributed by atoms with Crippen LogP contribution >= 0.6 is 0 Å². The zero-order valence-corrected chi connectivity index (χ0v) is 16.2. The second kappa shape index (κ2) is 5.94. The summed E-state index contributed by atoms with van der Waals surface area (Å²) in [7, 11) is 0. The number of fused-ring (bicyclic) bond motifs is 7. The Labute approximate surface area is 171 Å². The van der Waals surface area contributed by atoms with Gasteiger partial charge in [0.05, 0.1) is 16.6 Å². The molecule has 2 heterocycles. The third-order valence-corrected chi connectivity index (χ3v) is 5.84. The van der Waals surface area contributed by atoms with Crippen molar-refractivity contribution in [1.82, 2.24) is 15.0 Å². The molecule has 0 bridgehead atoms. The summed E-state index contributed by atoms with van der Waals surface area (Å²) in [6.07, 6.45) is 0. The number of aryl methyl sites for hydroxylation is 1. The molecule has 6 aromatic rings. The van der Waals surface area contributed by atoms with Crippen molar-refractivity contribution in [1.29, 1.82) is 0 Å². The van der Waals surface area contributed by atoms with E-state index >= 15 is 0 Å². The normalized spacial score (nSPS) is 11.8. The van der Waals surface area contributed by atoms with Crippen LogP contribution in [0.1, 0.15) is 16.1 Å². The van der Waals surface area contributed by atoms with Gasteiger partial charge < -0.3 is 15.1 Å². The monoisotopic (exact) mass is 391 g/mol. The first kappa shape index (κ1) is 16.8. The molecule has 0 saturated carbocycles. The highest BCUT2D eigenvalue weighted by Gasteiger charge is 2.18. The van der Waals surface area contributed by atoms with Gasteiger partial charge in [-0.15, -0.1) is 0 Å². The maximum absolute atomic E-state index is 11.6. The molecule has 144 valence electrons. The zero-order chi connectivity index (χ0) is 20.4. The van der Waals surface area contributed by atoms with Gasteiger partial charge in [0.1, 0.15) is 5.82 Å². The van der Waals surface area contributed by atoms with E-state index in [4.69, 9.17) is 4.98 Å². The predicted octanol–water partition coefficient (Wildman–Crippen LogP) is 6.02. The summed E-state index contributed by atoms with van der Waals surface area (Å²) in [5.41, 5.74) is 5.09. The van der Waals surface area contributed by atoms with Crippen molar-refractivity contribution in [2.75, 3.05) is 0 Å². The number of benzene rings is 4. The van der Waals surface area contributed by atoms with Crippen LogP contribution in [-0.4, -0.2) is 26.0 Å². The van der Waals surface area contributed by atoms with Crippen LogP contribution in [-0.2, 0) is 0 Å². The number of rotatable bonds is 2. The Balaban J connectivity index is 1.78. The number of imidazole rings is 1. The third kappa shape index (κ3) is 2.23. The number of aromatic nitrogens is 3. The first-order chi connectivity index (χ1) is 14.6. The number of nitrogens with one attached hydrogen (secondary N) is 2. The number of carbonyl (C=O) groups is 1. The molecule has 30 heavy (non-hydrogen) atoms. The number of hydrogen-bond acceptors (Lipinski definition) is 2. The number of aromatic amines is 2. The largest absolute Gasteiger partial charge is 0.478 e. The van der Waals surface area contributed by atoms with Gasteiger partial charge >= 0.3 is 5.97 Å². The Kier molecular flexibility index (Phi) is 3.33. The molecule has 0 saturated heterocycles. The summed E-state index contributed by atoms with van der Waals surface area (Å²) in [4.78, 5) is 23.5. The molecule has 0 unspecified atom stereocenters. The third-order valence-electron chi connectivity index (χ3n) is 5.84. The van der Waals surface area contributed by atoms with Gasteiger partial charge in [-0.05, 0) is 35.9 Å². The number of H-pyrrole nitrogens is 2. The molecular weight excluding hydrogens is 374 g/mol. The maximum atomic E-state index is 11.6. The average Bonchev–Trinajstić information content (AvgIpc) is 3.34. The molecule has 0 atom stereocenters. The van der Waals surface area contributed by atoms with E-state index in [1.54, 1.807) is 12.1 Å². The van der Waals surface area contributed by atoms with E-state index in [9.17, 15) is 9.90 Å². The highest BCUT2D eigenvalue weighted by Crippen LogP contribution is 2.37. The Bertz CT molecular complexity index is 1640. The summed E-state index contributed by atoms with van der Waals surface area (Å²) in [6.45, 7) is 2.04. The highest BCUT2D eigenvalue weighted by molar-refractivity contribution is 6.24. The fourth-order valence-electron chi connectivity index (χ4n) is 4.51. The number of nitrogens with zero attached hydrogens (tertiary/aromatic N) is 1. The van der Waals surface area contributed by atoms with Gasteiger partial charge in [0.15, 0.2) is 0 Å². The van der Waals surface area contributed by atoms with E-state index < -0.39 is 5.97 Å². The van der Waals surface area contributed by atoms with Gasteiger partial charge in [-0.1, -0.05) is 48.5 Å². The van der Waals surface area contributed by atoms with Crippen molar-refractivity contribution in [3.8, 4) is 11.4 Å². The number of carboxylic acid groups (broad SMARTS) is 1. The van der Waals surface area contributed by atoms with Crippen LogP contribution in [0.3, 0.4) is 0 Å². The van der Waals surface area contributed by atoms with Crippen molar-refractivity contribution in [3.63, 3.8) is 0 Å². The van der Waals surface area contributed by atoms with E-state index in [-0.39, 0.29) is 5.56 Å². The smallest absolute Gasteiger partial charge is 0.335 e. The first-order valence-corrected chi connectivity index (χ1v) is 9.77. The number of carboxylic acids is 1. The van der Waals surface area contributed by atoms with Crippen LogP contribution in [0.4, 0.5) is 0 Å². The lowest BCUT2D eigenvalue weighted by molar-refractivity contribution is 0.0697. The number of aromatic carboxylic acids is 1. The van der Waals surface area contributed by atoms with Gasteiger partial charge in [0.2, 0.25) is 0 Å². The van der Waals surface area contributed by atoms with Crippen LogP contribution < -0.4 is 0 Å². The van der Waals surface area contributed by atoms with E-state index in [0.29, 0.717) is 0 Å². The molecule has 0 aliphatic heterocycles. The molecule has 2 aromatic heterocycles. The van der Waals surface area contributed by atoms with Crippen LogP contribution in [0.25, 0.3) is 54.9 Å². The number of hydrogen-bond donors (Lipinski definition) is 3. The second-order valence-electron chi connectivity index (χ2n) is 7.59. The minimum atomic E-state index is -0.943. The molecule has 0 aliphatic carbocycles. The fraction of sp³-hybridized carbons (Fsp3) is 0.0400. The molecule has 0 spiro atoms. The maximum Gasteiger partial charge on any atom is 0.335 e. The van der Waals surface area contributed by atoms with E-state index in [0.717, 1.165) is 60.6 Å². The standard InChI is InChI=1S/C25H17N3O2/c1-13-21(18-8-4-5-9-20(18)26-13)24-27-22-17-7-3-2-6-15(17)16-11-10-14(25(29)30)12-19(16)23(22)28-24/h2-12,26H,1H3,(H,27,28)(H,29,30). The van der Waals surface area contributed by atoms with Gasteiger partial charge in [0.25, 0.3) is 0 Å². The molecular formula is C25H17N3O2. The summed E-state index contributed by atoms with van der Waals surface area (Å²) >= 11 is 0. The van der Waals surface area contributed by atoms with Crippen LogP contribution in [0, 0.1) is 6.92 Å². The molecule has 0 fully saturated rings. The Morgan fingerprint density at radius 3 is 2.33 bits per heavy atom. The SMILES string of the molecule is Cc1[nH]c2ccccc2c1-c1nc2c3cc(C(=O)O)ccc3c3ccccc3c2[nH]1. The van der Waals surface area contributed by atoms with Crippen LogP contribution in [0.5, 0.6) is 0 Å². The molecule has 6 rings (SSSR count). The lowest BCUT2D eigenvalue weighted by atomic mass is 9.98. The van der Waals surface area contributed by atoms with E-state index in [1.165, 1.54) is 0 Å². The second-order valence-corrected chi connectivity index (χ2v) is 7.59.